The minimum Gasteiger partial charge on any atom is -0.274 e. The third kappa shape index (κ3) is 2.69. The van der Waals surface area contributed by atoms with Gasteiger partial charge in [-0.05, 0) is 36.2 Å². The lowest BCUT2D eigenvalue weighted by molar-refractivity contribution is 0.0656. The highest BCUT2D eigenvalue weighted by molar-refractivity contribution is 6.30. The first-order valence-corrected chi connectivity index (χ1v) is 7.23. The molecule has 1 heterocycles. The van der Waals surface area contributed by atoms with Gasteiger partial charge in [0, 0.05) is 11.6 Å². The molecule has 1 aliphatic heterocycles. The molecule has 2 aromatic rings. The molecule has 0 aliphatic carbocycles. The number of rotatable bonds is 3. The molecule has 0 saturated carbocycles. The number of nitrogens with zero attached hydrogens (tertiary/aromatic N) is 2. The van der Waals surface area contributed by atoms with Gasteiger partial charge in [-0.2, -0.15) is 5.26 Å². The molecule has 0 bridgehead atoms. The third-order valence-corrected chi connectivity index (χ3v) is 3.95. The minimum atomic E-state index is -0.707. The number of imide groups is 1. The summed E-state index contributed by atoms with van der Waals surface area (Å²) < 4.78 is 13.5. The van der Waals surface area contributed by atoms with Gasteiger partial charge in [-0.1, -0.05) is 23.7 Å². The average Bonchev–Trinajstić information content (AvgIpc) is 2.77. The van der Waals surface area contributed by atoms with Crippen molar-refractivity contribution in [3.8, 4) is 6.07 Å². The SMILES string of the molecule is N#Cc1cc(F)cc2c1C(=O)N(CCc1ccc(Cl)cc1)C2=O. The van der Waals surface area contributed by atoms with Crippen LogP contribution in [-0.2, 0) is 6.42 Å². The van der Waals surface area contributed by atoms with Crippen LogP contribution in [0.2, 0.25) is 5.02 Å². The van der Waals surface area contributed by atoms with E-state index in [2.05, 4.69) is 0 Å². The molecular formula is C17H10ClFN2O2. The van der Waals surface area contributed by atoms with Gasteiger partial charge in [-0.3, -0.25) is 14.5 Å². The minimum absolute atomic E-state index is 0.0185. The molecule has 4 nitrogen and oxygen atoms in total. The van der Waals surface area contributed by atoms with Crippen LogP contribution in [0.15, 0.2) is 36.4 Å². The number of nitriles is 1. The molecule has 0 atom stereocenters. The highest BCUT2D eigenvalue weighted by Crippen LogP contribution is 2.27. The largest absolute Gasteiger partial charge is 0.274 e. The van der Waals surface area contributed by atoms with E-state index in [0.717, 1.165) is 22.6 Å². The number of fused-ring (bicyclic) bond motifs is 1. The number of hydrogen-bond donors (Lipinski definition) is 0. The van der Waals surface area contributed by atoms with Gasteiger partial charge in [0.2, 0.25) is 0 Å². The Bertz CT molecular complexity index is 856. The van der Waals surface area contributed by atoms with Crippen LogP contribution in [0.1, 0.15) is 31.8 Å². The molecule has 2 aromatic carbocycles. The third-order valence-electron chi connectivity index (χ3n) is 3.70. The van der Waals surface area contributed by atoms with Gasteiger partial charge < -0.3 is 0 Å². The van der Waals surface area contributed by atoms with Crippen molar-refractivity contribution in [1.29, 1.82) is 5.26 Å². The Morgan fingerprint density at radius 3 is 2.48 bits per heavy atom. The monoisotopic (exact) mass is 328 g/mol. The molecule has 6 heteroatoms. The van der Waals surface area contributed by atoms with Gasteiger partial charge in [0.25, 0.3) is 11.8 Å². The molecular weight excluding hydrogens is 319 g/mol. The second kappa shape index (κ2) is 5.82. The van der Waals surface area contributed by atoms with Gasteiger partial charge in [-0.15, -0.1) is 0 Å². The van der Waals surface area contributed by atoms with Gasteiger partial charge >= 0.3 is 0 Å². The van der Waals surface area contributed by atoms with Crippen molar-refractivity contribution in [3.63, 3.8) is 0 Å². The fourth-order valence-electron chi connectivity index (χ4n) is 2.56. The fourth-order valence-corrected chi connectivity index (χ4v) is 2.69. The van der Waals surface area contributed by atoms with Crippen LogP contribution in [0.25, 0.3) is 0 Å². The molecule has 2 amide bonds. The van der Waals surface area contributed by atoms with E-state index in [4.69, 9.17) is 16.9 Å². The highest BCUT2D eigenvalue weighted by Gasteiger charge is 2.37. The molecule has 0 unspecified atom stereocenters. The second-order valence-corrected chi connectivity index (χ2v) is 5.56. The van der Waals surface area contributed by atoms with E-state index < -0.39 is 17.6 Å². The Kier molecular flexibility index (Phi) is 3.85. The van der Waals surface area contributed by atoms with Crippen LogP contribution in [0.5, 0.6) is 0 Å². The van der Waals surface area contributed by atoms with Crippen LogP contribution in [0.3, 0.4) is 0 Å². The number of benzene rings is 2. The summed E-state index contributed by atoms with van der Waals surface area (Å²) in [6.45, 7) is 0.153. The summed E-state index contributed by atoms with van der Waals surface area (Å²) in [5.41, 5.74) is 0.725. The number of carbonyl (C=O) groups excluding carboxylic acids is 2. The summed E-state index contributed by atoms with van der Waals surface area (Å²) in [6.07, 6.45) is 0.451. The van der Waals surface area contributed by atoms with Gasteiger partial charge in [-0.25, -0.2) is 4.39 Å². The standard InChI is InChI=1S/C17H10ClFN2O2/c18-12-3-1-10(2-4-12)5-6-21-16(22)14-8-13(19)7-11(9-20)15(14)17(21)23/h1-4,7-8H,5-6H2. The Balaban J connectivity index is 1.86. The van der Waals surface area contributed by atoms with Crippen LogP contribution >= 0.6 is 11.6 Å². The van der Waals surface area contributed by atoms with E-state index in [-0.39, 0.29) is 23.2 Å². The van der Waals surface area contributed by atoms with Crippen molar-refractivity contribution in [2.45, 2.75) is 6.42 Å². The van der Waals surface area contributed by atoms with E-state index >= 15 is 0 Å². The molecule has 3 rings (SSSR count). The van der Waals surface area contributed by atoms with E-state index in [1.807, 2.05) is 0 Å². The van der Waals surface area contributed by atoms with Crippen LogP contribution in [0.4, 0.5) is 4.39 Å². The van der Waals surface area contributed by atoms with Crippen molar-refractivity contribution in [3.05, 3.63) is 69.5 Å². The van der Waals surface area contributed by atoms with E-state index in [9.17, 15) is 14.0 Å². The van der Waals surface area contributed by atoms with Gasteiger partial charge in [0.05, 0.1) is 16.7 Å². The maximum absolute atomic E-state index is 13.5. The second-order valence-electron chi connectivity index (χ2n) is 5.13. The molecule has 23 heavy (non-hydrogen) atoms. The van der Waals surface area contributed by atoms with E-state index in [0.29, 0.717) is 11.4 Å². The van der Waals surface area contributed by atoms with Crippen molar-refractivity contribution < 1.29 is 14.0 Å². The predicted octanol–water partition coefficient (Wildman–Crippen LogP) is 3.19. The maximum atomic E-state index is 13.5. The molecule has 0 N–H and O–H groups in total. The van der Waals surface area contributed by atoms with Crippen molar-refractivity contribution in [2.75, 3.05) is 6.54 Å². The normalized spacial score (nSPS) is 13.2. The highest BCUT2D eigenvalue weighted by atomic mass is 35.5. The van der Waals surface area contributed by atoms with Gasteiger partial charge in [0.15, 0.2) is 0 Å². The molecule has 0 spiro atoms. The van der Waals surface area contributed by atoms with Crippen molar-refractivity contribution in [1.82, 2.24) is 4.90 Å². The Labute approximate surface area is 136 Å². The number of halogens is 2. The molecule has 0 aromatic heterocycles. The lowest BCUT2D eigenvalue weighted by Crippen LogP contribution is -2.31. The molecule has 114 valence electrons. The Morgan fingerprint density at radius 1 is 1.13 bits per heavy atom. The first kappa shape index (κ1) is 15.2. The first-order chi connectivity index (χ1) is 11.0. The van der Waals surface area contributed by atoms with Gasteiger partial charge in [0.1, 0.15) is 11.9 Å². The Hall–Kier alpha value is -2.71. The van der Waals surface area contributed by atoms with Crippen LogP contribution < -0.4 is 0 Å². The number of carbonyl (C=O) groups is 2. The van der Waals surface area contributed by atoms with Crippen molar-refractivity contribution >= 4 is 23.4 Å². The molecule has 0 radical (unpaired) electrons. The molecule has 1 aliphatic rings. The van der Waals surface area contributed by atoms with Crippen LogP contribution in [0, 0.1) is 17.1 Å². The summed E-state index contributed by atoms with van der Waals surface area (Å²) >= 11 is 5.81. The van der Waals surface area contributed by atoms with E-state index in [1.165, 1.54) is 0 Å². The summed E-state index contributed by atoms with van der Waals surface area (Å²) in [6, 6.07) is 10.8. The Morgan fingerprint density at radius 2 is 1.83 bits per heavy atom. The number of amides is 2. The molecule has 0 fully saturated rings. The predicted molar refractivity (Wildman–Crippen MR) is 81.6 cm³/mol. The van der Waals surface area contributed by atoms with Crippen LogP contribution in [-0.4, -0.2) is 23.3 Å². The smallest absolute Gasteiger partial charge is 0.262 e. The number of hydrogen-bond acceptors (Lipinski definition) is 3. The lowest BCUT2D eigenvalue weighted by atomic mass is 10.0. The summed E-state index contributed by atoms with van der Waals surface area (Å²) in [5, 5.41) is 9.64. The molecule has 0 saturated heterocycles. The average molecular weight is 329 g/mol. The lowest BCUT2D eigenvalue weighted by Gasteiger charge is -2.13. The van der Waals surface area contributed by atoms with E-state index in [1.54, 1.807) is 30.3 Å². The quantitative estimate of drug-likeness (QED) is 0.813. The topological polar surface area (TPSA) is 61.2 Å². The maximum Gasteiger partial charge on any atom is 0.262 e. The fraction of sp³-hybridized carbons (Fsp3) is 0.118. The zero-order valence-corrected chi connectivity index (χ0v) is 12.6. The zero-order valence-electron chi connectivity index (χ0n) is 11.8. The first-order valence-electron chi connectivity index (χ1n) is 6.85. The summed E-state index contributed by atoms with van der Waals surface area (Å²) in [7, 11) is 0. The van der Waals surface area contributed by atoms with Crippen molar-refractivity contribution in [2.24, 2.45) is 0 Å². The summed E-state index contributed by atoms with van der Waals surface area (Å²) in [4.78, 5) is 25.7. The summed E-state index contributed by atoms with van der Waals surface area (Å²) in [5.74, 6) is -1.84. The zero-order chi connectivity index (χ0) is 16.6.